The third kappa shape index (κ3) is 6.81. The second-order valence-corrected chi connectivity index (χ2v) is 9.21. The van der Waals surface area contributed by atoms with Gasteiger partial charge < -0.3 is 30.3 Å². The molecule has 2 bridgehead atoms. The van der Waals surface area contributed by atoms with E-state index in [1.807, 2.05) is 0 Å². The van der Waals surface area contributed by atoms with Crippen molar-refractivity contribution < 1.29 is 33.4 Å². The molecule has 12 heteroatoms. The Labute approximate surface area is 203 Å². The number of hydrogen-bond donors (Lipinski definition) is 3. The predicted molar refractivity (Wildman–Crippen MR) is 124 cm³/mol. The number of fused-ring (bicyclic) bond motifs is 3. The minimum Gasteiger partial charge on any atom is -0.491 e. The summed E-state index contributed by atoms with van der Waals surface area (Å²) in [5.41, 5.74) is 0.0313. The fourth-order valence-electron chi connectivity index (χ4n) is 4.33. The highest BCUT2D eigenvalue weighted by Gasteiger charge is 2.38. The van der Waals surface area contributed by atoms with E-state index in [0.29, 0.717) is 12.8 Å². The molecule has 4 amide bonds. The SMILES string of the molecule is CN(C)CC(=O)N[C@H]1CCCN(C)C(=O)c2cc(F)ccc2OC[C@@H]2C[C@H](CN2C(=O)O)NC1=O. The van der Waals surface area contributed by atoms with Crippen LogP contribution in [0.4, 0.5) is 9.18 Å². The number of ether oxygens (including phenoxy) is 1. The number of carbonyl (C=O) groups is 4. The van der Waals surface area contributed by atoms with Crippen molar-refractivity contribution in [2.24, 2.45) is 0 Å². The van der Waals surface area contributed by atoms with Gasteiger partial charge in [0.25, 0.3) is 5.91 Å². The van der Waals surface area contributed by atoms with Gasteiger partial charge >= 0.3 is 6.09 Å². The lowest BCUT2D eigenvalue weighted by Crippen LogP contribution is -2.51. The molecule has 192 valence electrons. The molecular weight excluding hydrogens is 461 g/mol. The summed E-state index contributed by atoms with van der Waals surface area (Å²) in [6.45, 7) is 0.351. The Bertz CT molecular complexity index is 974. The molecule has 0 saturated carbocycles. The first-order valence-electron chi connectivity index (χ1n) is 11.5. The Kier molecular flexibility index (Phi) is 8.49. The zero-order chi connectivity index (χ0) is 25.7. The molecule has 35 heavy (non-hydrogen) atoms. The number of rotatable bonds is 3. The average Bonchev–Trinajstić information content (AvgIpc) is 3.18. The van der Waals surface area contributed by atoms with Crippen LogP contribution in [0.1, 0.15) is 29.6 Å². The van der Waals surface area contributed by atoms with E-state index in [2.05, 4.69) is 10.6 Å². The second kappa shape index (κ2) is 11.3. The number of likely N-dealkylation sites (tertiary alicyclic amines) is 1. The van der Waals surface area contributed by atoms with Crippen LogP contribution in [0.25, 0.3) is 0 Å². The smallest absolute Gasteiger partial charge is 0.407 e. The molecule has 3 rings (SSSR count). The molecule has 1 fully saturated rings. The summed E-state index contributed by atoms with van der Waals surface area (Å²) in [7, 11) is 5.03. The molecule has 0 radical (unpaired) electrons. The third-order valence-electron chi connectivity index (χ3n) is 6.05. The molecule has 3 atom stereocenters. The van der Waals surface area contributed by atoms with Crippen molar-refractivity contribution in [1.82, 2.24) is 25.3 Å². The van der Waals surface area contributed by atoms with E-state index in [0.717, 1.165) is 6.07 Å². The molecular formula is C23H32FN5O6. The van der Waals surface area contributed by atoms with E-state index >= 15 is 0 Å². The molecule has 0 aromatic heterocycles. The zero-order valence-corrected chi connectivity index (χ0v) is 20.1. The van der Waals surface area contributed by atoms with Gasteiger partial charge in [-0.25, -0.2) is 9.18 Å². The summed E-state index contributed by atoms with van der Waals surface area (Å²) in [5.74, 6) is -1.65. The number of carboxylic acid groups (broad SMARTS) is 1. The maximum Gasteiger partial charge on any atom is 0.407 e. The molecule has 3 N–H and O–H groups in total. The van der Waals surface area contributed by atoms with Crippen molar-refractivity contribution >= 4 is 23.8 Å². The fourth-order valence-corrected chi connectivity index (χ4v) is 4.33. The summed E-state index contributed by atoms with van der Waals surface area (Å²) in [6, 6.07) is 1.71. The van der Waals surface area contributed by atoms with Crippen LogP contribution >= 0.6 is 0 Å². The monoisotopic (exact) mass is 493 g/mol. The molecule has 11 nitrogen and oxygen atoms in total. The van der Waals surface area contributed by atoms with Gasteiger partial charge in [0, 0.05) is 26.2 Å². The number of carbonyl (C=O) groups excluding carboxylic acids is 3. The number of nitrogens with zero attached hydrogens (tertiary/aromatic N) is 3. The Morgan fingerprint density at radius 3 is 2.74 bits per heavy atom. The summed E-state index contributed by atoms with van der Waals surface area (Å²) in [5, 5.41) is 15.2. The van der Waals surface area contributed by atoms with Crippen LogP contribution in [0.3, 0.4) is 0 Å². The number of nitrogens with one attached hydrogen (secondary N) is 2. The van der Waals surface area contributed by atoms with Gasteiger partial charge in [-0.15, -0.1) is 0 Å². The van der Waals surface area contributed by atoms with E-state index in [-0.39, 0.29) is 49.9 Å². The van der Waals surface area contributed by atoms with Gasteiger partial charge in [0.2, 0.25) is 11.8 Å². The molecule has 2 aliphatic rings. The lowest BCUT2D eigenvalue weighted by molar-refractivity contribution is -0.129. The molecule has 1 saturated heterocycles. The van der Waals surface area contributed by atoms with Crippen molar-refractivity contribution in [3.8, 4) is 5.75 Å². The van der Waals surface area contributed by atoms with Gasteiger partial charge in [0.15, 0.2) is 0 Å². The number of halogens is 1. The van der Waals surface area contributed by atoms with Gasteiger partial charge in [0.05, 0.1) is 18.2 Å². The van der Waals surface area contributed by atoms with E-state index in [1.165, 1.54) is 21.9 Å². The first-order valence-corrected chi connectivity index (χ1v) is 11.5. The molecule has 0 spiro atoms. The number of amides is 4. The van der Waals surface area contributed by atoms with Crippen LogP contribution in [0.15, 0.2) is 18.2 Å². The number of benzene rings is 1. The third-order valence-corrected chi connectivity index (χ3v) is 6.05. The molecule has 2 heterocycles. The maximum absolute atomic E-state index is 14.0. The lowest BCUT2D eigenvalue weighted by atomic mass is 10.1. The predicted octanol–water partition coefficient (Wildman–Crippen LogP) is 0.354. The highest BCUT2D eigenvalue weighted by atomic mass is 19.1. The van der Waals surface area contributed by atoms with Crippen LogP contribution in [0, 0.1) is 5.82 Å². The molecule has 0 aliphatic carbocycles. The van der Waals surface area contributed by atoms with Crippen molar-refractivity contribution in [3.05, 3.63) is 29.6 Å². The highest BCUT2D eigenvalue weighted by molar-refractivity contribution is 5.96. The van der Waals surface area contributed by atoms with Crippen LogP contribution in [0.5, 0.6) is 5.75 Å². The first-order chi connectivity index (χ1) is 16.5. The van der Waals surface area contributed by atoms with Crippen molar-refractivity contribution in [1.29, 1.82) is 0 Å². The Balaban J connectivity index is 1.88. The Morgan fingerprint density at radius 2 is 2.06 bits per heavy atom. The van der Waals surface area contributed by atoms with Crippen molar-refractivity contribution in [3.63, 3.8) is 0 Å². The normalized spacial score (nSPS) is 23.6. The van der Waals surface area contributed by atoms with E-state index < -0.39 is 41.9 Å². The van der Waals surface area contributed by atoms with Crippen LogP contribution in [-0.4, -0.2) is 109 Å². The summed E-state index contributed by atoms with van der Waals surface area (Å²) in [6.07, 6.45) is -0.223. The van der Waals surface area contributed by atoms with Crippen molar-refractivity contribution in [2.45, 2.75) is 37.4 Å². The van der Waals surface area contributed by atoms with Gasteiger partial charge in [-0.2, -0.15) is 0 Å². The molecule has 0 unspecified atom stereocenters. The Morgan fingerprint density at radius 1 is 1.31 bits per heavy atom. The highest BCUT2D eigenvalue weighted by Crippen LogP contribution is 2.25. The van der Waals surface area contributed by atoms with Gasteiger partial charge in [-0.1, -0.05) is 0 Å². The first kappa shape index (κ1) is 26.2. The number of hydrogen-bond acceptors (Lipinski definition) is 6. The van der Waals surface area contributed by atoms with Gasteiger partial charge in [-0.3, -0.25) is 19.3 Å². The Hall–Kier alpha value is -3.41. The maximum atomic E-state index is 14.0. The average molecular weight is 494 g/mol. The lowest BCUT2D eigenvalue weighted by Gasteiger charge is -2.24. The van der Waals surface area contributed by atoms with Gasteiger partial charge in [0.1, 0.15) is 24.2 Å². The molecule has 2 aliphatic heterocycles. The van der Waals surface area contributed by atoms with E-state index in [4.69, 9.17) is 4.74 Å². The summed E-state index contributed by atoms with van der Waals surface area (Å²) in [4.78, 5) is 54.4. The molecule has 1 aromatic rings. The zero-order valence-electron chi connectivity index (χ0n) is 20.1. The largest absolute Gasteiger partial charge is 0.491 e. The standard InChI is InChI=1S/C23H32FN5O6/c1-27(2)12-20(30)26-18-5-4-8-28(3)22(32)17-9-14(24)6-7-19(17)35-13-16-10-15(25-21(18)31)11-29(16)23(33)34/h6-7,9,15-16,18H,4-5,8,10-13H2,1-3H3,(H,25,31)(H,26,30)(H,33,34)/t15-,16+,18+/m1/s1. The molecule has 1 aromatic carbocycles. The van der Waals surface area contributed by atoms with E-state index in [1.54, 1.807) is 26.0 Å². The van der Waals surface area contributed by atoms with Crippen LogP contribution in [-0.2, 0) is 9.59 Å². The van der Waals surface area contributed by atoms with Crippen LogP contribution < -0.4 is 15.4 Å². The second-order valence-electron chi connectivity index (χ2n) is 9.21. The van der Waals surface area contributed by atoms with E-state index in [9.17, 15) is 28.7 Å². The van der Waals surface area contributed by atoms with Crippen molar-refractivity contribution in [2.75, 3.05) is 47.4 Å². The topological polar surface area (TPSA) is 132 Å². The van der Waals surface area contributed by atoms with Crippen LogP contribution in [0.2, 0.25) is 0 Å². The summed E-state index contributed by atoms with van der Waals surface area (Å²) < 4.78 is 19.7. The summed E-state index contributed by atoms with van der Waals surface area (Å²) >= 11 is 0. The fraction of sp³-hybridized carbons (Fsp3) is 0.565. The number of likely N-dealkylation sites (N-methyl/N-ethyl adjacent to an activating group) is 1. The van der Waals surface area contributed by atoms with Gasteiger partial charge in [-0.05, 0) is 51.6 Å². The minimum atomic E-state index is -1.16. The minimum absolute atomic E-state index is 0.0313. The quantitative estimate of drug-likeness (QED) is 0.554.